The van der Waals surface area contributed by atoms with Crippen LogP contribution in [0.15, 0.2) is 18.2 Å². The highest BCUT2D eigenvalue weighted by Gasteiger charge is 2.31. The maximum Gasteiger partial charge on any atom is 0.124 e. The van der Waals surface area contributed by atoms with Crippen LogP contribution in [0.25, 0.3) is 0 Å². The van der Waals surface area contributed by atoms with Gasteiger partial charge in [0.1, 0.15) is 5.82 Å². The lowest BCUT2D eigenvalue weighted by Crippen LogP contribution is -2.47. The lowest BCUT2D eigenvalue weighted by atomic mass is 9.93. The van der Waals surface area contributed by atoms with Crippen molar-refractivity contribution in [3.8, 4) is 0 Å². The van der Waals surface area contributed by atoms with Crippen molar-refractivity contribution in [1.29, 1.82) is 0 Å². The van der Waals surface area contributed by atoms with Crippen molar-refractivity contribution in [2.45, 2.75) is 31.9 Å². The number of rotatable bonds is 4. The van der Waals surface area contributed by atoms with Crippen LogP contribution in [0.3, 0.4) is 0 Å². The lowest BCUT2D eigenvalue weighted by Gasteiger charge is -2.25. The van der Waals surface area contributed by atoms with Gasteiger partial charge in [0.05, 0.1) is 12.1 Å². The first kappa shape index (κ1) is 13.7. The zero-order valence-corrected chi connectivity index (χ0v) is 11.1. The maximum atomic E-state index is 13.0. The smallest absolute Gasteiger partial charge is 0.124 e. The first-order valence-corrected chi connectivity index (χ1v) is 6.51. The van der Waals surface area contributed by atoms with Crippen molar-refractivity contribution in [3.63, 3.8) is 0 Å². The molecule has 100 valence electrons. The largest absolute Gasteiger partial charge is 0.376 e. The van der Waals surface area contributed by atoms with E-state index >= 15 is 0 Å². The molecule has 3 atom stereocenters. The molecule has 1 aromatic rings. The van der Waals surface area contributed by atoms with Gasteiger partial charge < -0.3 is 4.74 Å². The first-order chi connectivity index (χ1) is 8.61. The molecule has 1 aromatic carbocycles. The van der Waals surface area contributed by atoms with Gasteiger partial charge >= 0.3 is 0 Å². The molecule has 1 saturated heterocycles. The standard InChI is InChI=1S/C13H18ClFN2O/c1-8-4-5-18-13(8)12(17-16)6-9-2-3-10(15)7-11(9)14/h2-3,7-8,12-13,17H,4-6,16H2,1H3. The van der Waals surface area contributed by atoms with Gasteiger partial charge in [-0.1, -0.05) is 24.6 Å². The Labute approximate surface area is 111 Å². The number of benzene rings is 1. The predicted molar refractivity (Wildman–Crippen MR) is 69.7 cm³/mol. The number of hydrazine groups is 1. The number of halogens is 2. The molecular weight excluding hydrogens is 255 g/mol. The molecule has 1 heterocycles. The van der Waals surface area contributed by atoms with Gasteiger partial charge in [-0.2, -0.15) is 0 Å². The molecule has 18 heavy (non-hydrogen) atoms. The first-order valence-electron chi connectivity index (χ1n) is 6.13. The third kappa shape index (κ3) is 3.01. The van der Waals surface area contributed by atoms with E-state index in [0.29, 0.717) is 17.4 Å². The van der Waals surface area contributed by atoms with Crippen LogP contribution in [0.5, 0.6) is 0 Å². The molecule has 5 heteroatoms. The quantitative estimate of drug-likeness (QED) is 0.653. The molecule has 0 spiro atoms. The Hall–Kier alpha value is -0.680. The normalized spacial score (nSPS) is 25.3. The van der Waals surface area contributed by atoms with Gasteiger partial charge in [0.15, 0.2) is 0 Å². The minimum atomic E-state index is -0.327. The van der Waals surface area contributed by atoms with Crippen molar-refractivity contribution in [2.75, 3.05) is 6.61 Å². The molecule has 3 nitrogen and oxygen atoms in total. The fourth-order valence-corrected chi connectivity index (χ4v) is 2.67. The van der Waals surface area contributed by atoms with Crippen LogP contribution in [-0.4, -0.2) is 18.8 Å². The number of nitrogens with two attached hydrogens (primary N) is 1. The topological polar surface area (TPSA) is 47.3 Å². The van der Waals surface area contributed by atoms with Crippen LogP contribution in [0.2, 0.25) is 5.02 Å². The fraction of sp³-hybridized carbons (Fsp3) is 0.538. The molecule has 0 aromatic heterocycles. The van der Waals surface area contributed by atoms with E-state index in [1.165, 1.54) is 12.1 Å². The van der Waals surface area contributed by atoms with Gasteiger partial charge in [-0.25, -0.2) is 4.39 Å². The minimum absolute atomic E-state index is 0.00883. The highest BCUT2D eigenvalue weighted by molar-refractivity contribution is 6.31. The van der Waals surface area contributed by atoms with Gasteiger partial charge in [0.2, 0.25) is 0 Å². The van der Waals surface area contributed by atoms with E-state index in [1.807, 2.05) is 0 Å². The molecule has 3 N–H and O–H groups in total. The van der Waals surface area contributed by atoms with Gasteiger partial charge in [-0.15, -0.1) is 0 Å². The fourth-order valence-electron chi connectivity index (χ4n) is 2.43. The van der Waals surface area contributed by atoms with Gasteiger partial charge in [0, 0.05) is 11.6 Å². The van der Waals surface area contributed by atoms with Crippen LogP contribution in [0, 0.1) is 11.7 Å². The van der Waals surface area contributed by atoms with E-state index in [1.54, 1.807) is 6.07 Å². The SMILES string of the molecule is CC1CCOC1C(Cc1ccc(F)cc1Cl)NN. The minimum Gasteiger partial charge on any atom is -0.376 e. The second kappa shape index (κ2) is 5.97. The Bertz CT molecular complexity index is 416. The maximum absolute atomic E-state index is 13.0. The Morgan fingerprint density at radius 3 is 2.94 bits per heavy atom. The van der Waals surface area contributed by atoms with E-state index < -0.39 is 0 Å². The summed E-state index contributed by atoms with van der Waals surface area (Å²) in [5, 5.41) is 0.431. The summed E-state index contributed by atoms with van der Waals surface area (Å²) in [4.78, 5) is 0. The average molecular weight is 273 g/mol. The Morgan fingerprint density at radius 1 is 1.61 bits per heavy atom. The van der Waals surface area contributed by atoms with Crippen LogP contribution in [-0.2, 0) is 11.2 Å². The molecular formula is C13H18ClFN2O. The molecule has 1 fully saturated rings. The van der Waals surface area contributed by atoms with Gasteiger partial charge in [0.25, 0.3) is 0 Å². The Balaban J connectivity index is 2.10. The van der Waals surface area contributed by atoms with Crippen LogP contribution < -0.4 is 11.3 Å². The van der Waals surface area contributed by atoms with Crippen LogP contribution in [0.4, 0.5) is 4.39 Å². The predicted octanol–water partition coefficient (Wildman–Crippen LogP) is 2.28. The van der Waals surface area contributed by atoms with E-state index in [4.69, 9.17) is 22.2 Å². The van der Waals surface area contributed by atoms with Gasteiger partial charge in [-0.3, -0.25) is 11.3 Å². The Morgan fingerprint density at radius 2 is 2.39 bits per heavy atom. The summed E-state index contributed by atoms with van der Waals surface area (Å²) in [5.74, 6) is 5.73. The molecule has 0 radical (unpaired) electrons. The van der Waals surface area contributed by atoms with Crippen LogP contribution in [0.1, 0.15) is 18.9 Å². The number of hydrogen-bond acceptors (Lipinski definition) is 3. The summed E-state index contributed by atoms with van der Waals surface area (Å²) >= 11 is 6.02. The van der Waals surface area contributed by atoms with Crippen molar-refractivity contribution in [2.24, 2.45) is 11.8 Å². The summed E-state index contributed by atoms with van der Waals surface area (Å²) in [6.07, 6.45) is 1.75. The highest BCUT2D eigenvalue weighted by atomic mass is 35.5. The van der Waals surface area contributed by atoms with E-state index in [0.717, 1.165) is 18.6 Å². The molecule has 1 aliphatic rings. The third-order valence-electron chi connectivity index (χ3n) is 3.51. The van der Waals surface area contributed by atoms with Crippen molar-refractivity contribution < 1.29 is 9.13 Å². The van der Waals surface area contributed by atoms with E-state index in [9.17, 15) is 4.39 Å². The van der Waals surface area contributed by atoms with Crippen molar-refractivity contribution >= 4 is 11.6 Å². The molecule has 1 aliphatic heterocycles. The second-order valence-corrected chi connectivity index (χ2v) is 5.22. The summed E-state index contributed by atoms with van der Waals surface area (Å²) < 4.78 is 18.7. The zero-order chi connectivity index (χ0) is 13.1. The molecule has 0 bridgehead atoms. The monoisotopic (exact) mass is 272 g/mol. The summed E-state index contributed by atoms with van der Waals surface area (Å²) in [5.41, 5.74) is 3.67. The van der Waals surface area contributed by atoms with Gasteiger partial charge in [-0.05, 0) is 36.5 Å². The van der Waals surface area contributed by atoms with E-state index in [-0.39, 0.29) is 18.0 Å². The second-order valence-electron chi connectivity index (χ2n) is 4.81. The number of hydrogen-bond donors (Lipinski definition) is 2. The number of ether oxygens (including phenoxy) is 1. The summed E-state index contributed by atoms with van der Waals surface area (Å²) in [7, 11) is 0. The molecule has 2 rings (SSSR count). The Kier molecular flexibility index (Phi) is 4.56. The molecule has 0 aliphatic carbocycles. The highest BCUT2D eigenvalue weighted by Crippen LogP contribution is 2.26. The van der Waals surface area contributed by atoms with Crippen molar-refractivity contribution in [3.05, 3.63) is 34.6 Å². The molecule has 3 unspecified atom stereocenters. The summed E-state index contributed by atoms with van der Waals surface area (Å²) in [6.45, 7) is 2.91. The lowest BCUT2D eigenvalue weighted by molar-refractivity contribution is 0.0610. The zero-order valence-electron chi connectivity index (χ0n) is 10.3. The van der Waals surface area contributed by atoms with Crippen molar-refractivity contribution in [1.82, 2.24) is 5.43 Å². The van der Waals surface area contributed by atoms with Crippen LogP contribution >= 0.6 is 11.6 Å². The third-order valence-corrected chi connectivity index (χ3v) is 3.86. The average Bonchev–Trinajstić information content (AvgIpc) is 2.75. The summed E-state index contributed by atoms with van der Waals surface area (Å²) in [6, 6.07) is 4.42. The molecule has 0 saturated carbocycles. The molecule has 0 amide bonds. The number of nitrogens with one attached hydrogen (secondary N) is 1. The van der Waals surface area contributed by atoms with E-state index in [2.05, 4.69) is 12.3 Å².